The standard InChI is InChI=1S/C12H19NO2/c1-10(5-6-10)11(2,14)12(8-13)4-3-7-15-9-12/h14H,3-7,9H2,1-2H3. The van der Waals surface area contributed by atoms with Crippen LogP contribution in [0, 0.1) is 22.2 Å². The third-order valence-corrected chi connectivity index (χ3v) is 4.56. The van der Waals surface area contributed by atoms with Crippen LogP contribution in [0.5, 0.6) is 0 Å². The maximum atomic E-state index is 10.7. The first-order valence-electron chi connectivity index (χ1n) is 5.69. The van der Waals surface area contributed by atoms with E-state index < -0.39 is 11.0 Å². The molecule has 0 bridgehead atoms. The summed E-state index contributed by atoms with van der Waals surface area (Å²) < 4.78 is 5.40. The molecule has 2 rings (SSSR count). The fraction of sp³-hybridized carbons (Fsp3) is 0.917. The minimum absolute atomic E-state index is 0.0799. The smallest absolute Gasteiger partial charge is 0.109 e. The molecule has 0 aromatic heterocycles. The number of hydrogen-bond donors (Lipinski definition) is 1. The Morgan fingerprint density at radius 1 is 1.40 bits per heavy atom. The Morgan fingerprint density at radius 2 is 2.07 bits per heavy atom. The maximum Gasteiger partial charge on any atom is 0.109 e. The summed E-state index contributed by atoms with van der Waals surface area (Å²) in [7, 11) is 0. The highest BCUT2D eigenvalue weighted by molar-refractivity contribution is 5.19. The zero-order chi connectivity index (χ0) is 11.2. The summed E-state index contributed by atoms with van der Waals surface area (Å²) in [5.41, 5.74) is -1.70. The Bertz CT molecular complexity index is 293. The van der Waals surface area contributed by atoms with Crippen molar-refractivity contribution in [2.45, 2.75) is 45.1 Å². The van der Waals surface area contributed by atoms with Crippen LogP contribution < -0.4 is 0 Å². The third-order valence-electron chi connectivity index (χ3n) is 4.56. The number of aliphatic hydroxyl groups is 1. The average Bonchev–Trinajstić information content (AvgIpc) is 2.99. The summed E-state index contributed by atoms with van der Waals surface area (Å²) in [5.74, 6) is 0. The van der Waals surface area contributed by atoms with Gasteiger partial charge >= 0.3 is 0 Å². The highest BCUT2D eigenvalue weighted by atomic mass is 16.5. The van der Waals surface area contributed by atoms with Crippen LogP contribution in [-0.4, -0.2) is 23.9 Å². The van der Waals surface area contributed by atoms with Crippen molar-refractivity contribution in [1.82, 2.24) is 0 Å². The molecule has 2 aliphatic rings. The molecule has 0 spiro atoms. The fourth-order valence-electron chi connectivity index (χ4n) is 2.63. The number of nitriles is 1. The van der Waals surface area contributed by atoms with Crippen LogP contribution in [0.2, 0.25) is 0 Å². The van der Waals surface area contributed by atoms with E-state index in [2.05, 4.69) is 13.0 Å². The van der Waals surface area contributed by atoms with Gasteiger partial charge < -0.3 is 9.84 Å². The quantitative estimate of drug-likeness (QED) is 0.755. The Hall–Kier alpha value is -0.590. The predicted molar refractivity (Wildman–Crippen MR) is 56.1 cm³/mol. The number of ether oxygens (including phenoxy) is 1. The van der Waals surface area contributed by atoms with Crippen LogP contribution in [0.4, 0.5) is 0 Å². The van der Waals surface area contributed by atoms with Crippen molar-refractivity contribution in [3.8, 4) is 6.07 Å². The summed E-state index contributed by atoms with van der Waals surface area (Å²) in [6.07, 6.45) is 3.67. The van der Waals surface area contributed by atoms with Crippen LogP contribution in [0.3, 0.4) is 0 Å². The summed E-state index contributed by atoms with van der Waals surface area (Å²) in [5, 5.41) is 20.1. The van der Waals surface area contributed by atoms with E-state index in [0.717, 1.165) is 32.3 Å². The minimum Gasteiger partial charge on any atom is -0.388 e. The predicted octanol–water partition coefficient (Wildman–Crippen LogP) is 1.86. The Morgan fingerprint density at radius 3 is 2.47 bits per heavy atom. The molecular formula is C12H19NO2. The van der Waals surface area contributed by atoms with Crippen molar-refractivity contribution < 1.29 is 9.84 Å². The first kappa shape index (κ1) is 10.9. The van der Waals surface area contributed by atoms with Gasteiger partial charge in [-0.15, -0.1) is 0 Å². The van der Waals surface area contributed by atoms with Crippen molar-refractivity contribution in [3.05, 3.63) is 0 Å². The van der Waals surface area contributed by atoms with Crippen molar-refractivity contribution in [2.75, 3.05) is 13.2 Å². The van der Waals surface area contributed by atoms with Gasteiger partial charge in [0.05, 0.1) is 18.3 Å². The molecule has 1 heterocycles. The van der Waals surface area contributed by atoms with Crippen molar-refractivity contribution >= 4 is 0 Å². The molecule has 84 valence electrons. The lowest BCUT2D eigenvalue weighted by Crippen LogP contribution is -2.55. The zero-order valence-corrected chi connectivity index (χ0v) is 9.55. The molecule has 3 heteroatoms. The molecule has 2 atom stereocenters. The van der Waals surface area contributed by atoms with E-state index in [1.165, 1.54) is 0 Å². The monoisotopic (exact) mass is 209 g/mol. The number of nitrogens with zero attached hydrogens (tertiary/aromatic N) is 1. The second-order valence-electron chi connectivity index (χ2n) is 5.48. The van der Waals surface area contributed by atoms with E-state index in [1.807, 2.05) is 6.92 Å². The Balaban J connectivity index is 2.29. The van der Waals surface area contributed by atoms with Crippen molar-refractivity contribution in [1.29, 1.82) is 5.26 Å². The maximum absolute atomic E-state index is 10.7. The average molecular weight is 209 g/mol. The molecule has 0 amide bonds. The molecule has 1 aliphatic heterocycles. The van der Waals surface area contributed by atoms with Crippen molar-refractivity contribution in [3.63, 3.8) is 0 Å². The molecule has 1 aliphatic carbocycles. The normalized spacial score (nSPS) is 37.7. The fourth-order valence-corrected chi connectivity index (χ4v) is 2.63. The summed E-state index contributed by atoms with van der Waals surface area (Å²) in [4.78, 5) is 0. The van der Waals surface area contributed by atoms with Crippen LogP contribution in [0.1, 0.15) is 39.5 Å². The zero-order valence-electron chi connectivity index (χ0n) is 9.55. The van der Waals surface area contributed by atoms with Crippen LogP contribution in [0.25, 0.3) is 0 Å². The van der Waals surface area contributed by atoms with Gasteiger partial charge in [0.25, 0.3) is 0 Å². The van der Waals surface area contributed by atoms with Gasteiger partial charge in [-0.3, -0.25) is 0 Å². The third kappa shape index (κ3) is 1.39. The SMILES string of the molecule is CC1(C(C)(O)C2(C#N)CCCOC2)CC1. The van der Waals surface area contributed by atoms with Crippen molar-refractivity contribution in [2.24, 2.45) is 10.8 Å². The lowest BCUT2D eigenvalue weighted by molar-refractivity contribution is -0.143. The Labute approximate surface area is 91.0 Å². The molecule has 3 nitrogen and oxygen atoms in total. The Kier molecular flexibility index (Phi) is 2.33. The van der Waals surface area contributed by atoms with E-state index in [0.29, 0.717) is 6.61 Å². The van der Waals surface area contributed by atoms with E-state index in [4.69, 9.17) is 4.74 Å². The number of rotatable bonds is 2. The first-order valence-corrected chi connectivity index (χ1v) is 5.69. The van der Waals surface area contributed by atoms with E-state index in [-0.39, 0.29) is 5.41 Å². The molecule has 1 saturated carbocycles. The molecule has 1 N–H and O–H groups in total. The lowest BCUT2D eigenvalue weighted by atomic mass is 9.63. The molecule has 0 aromatic carbocycles. The van der Waals surface area contributed by atoms with Gasteiger partial charge in [-0.05, 0) is 38.0 Å². The summed E-state index contributed by atoms with van der Waals surface area (Å²) in [6, 6.07) is 2.33. The van der Waals surface area contributed by atoms with Gasteiger partial charge in [0.1, 0.15) is 5.41 Å². The molecule has 0 radical (unpaired) electrons. The molecule has 2 fully saturated rings. The molecular weight excluding hydrogens is 190 g/mol. The van der Waals surface area contributed by atoms with Crippen LogP contribution in [-0.2, 0) is 4.74 Å². The topological polar surface area (TPSA) is 53.2 Å². The van der Waals surface area contributed by atoms with Crippen LogP contribution >= 0.6 is 0 Å². The van der Waals surface area contributed by atoms with Gasteiger partial charge in [-0.25, -0.2) is 0 Å². The second kappa shape index (κ2) is 3.20. The van der Waals surface area contributed by atoms with Gasteiger partial charge in [0.2, 0.25) is 0 Å². The largest absolute Gasteiger partial charge is 0.388 e. The van der Waals surface area contributed by atoms with Crippen LogP contribution in [0.15, 0.2) is 0 Å². The van der Waals surface area contributed by atoms with Gasteiger partial charge in [-0.2, -0.15) is 5.26 Å². The summed E-state index contributed by atoms with van der Waals surface area (Å²) >= 11 is 0. The lowest BCUT2D eigenvalue weighted by Gasteiger charge is -2.46. The van der Waals surface area contributed by atoms with Gasteiger partial charge in [0.15, 0.2) is 0 Å². The first-order chi connectivity index (χ1) is 6.97. The molecule has 15 heavy (non-hydrogen) atoms. The van der Waals surface area contributed by atoms with E-state index in [1.54, 1.807) is 0 Å². The minimum atomic E-state index is -0.921. The number of hydrogen-bond acceptors (Lipinski definition) is 3. The highest BCUT2D eigenvalue weighted by Gasteiger charge is 2.63. The summed E-state index contributed by atoms with van der Waals surface area (Å²) in [6.45, 7) is 4.99. The van der Waals surface area contributed by atoms with E-state index >= 15 is 0 Å². The van der Waals surface area contributed by atoms with Gasteiger partial charge in [-0.1, -0.05) is 6.92 Å². The molecule has 0 aromatic rings. The molecule has 1 saturated heterocycles. The molecule has 2 unspecified atom stereocenters. The van der Waals surface area contributed by atoms with Gasteiger partial charge in [0, 0.05) is 6.61 Å². The second-order valence-corrected chi connectivity index (χ2v) is 5.48. The highest BCUT2D eigenvalue weighted by Crippen LogP contribution is 2.60. The van der Waals surface area contributed by atoms with E-state index in [9.17, 15) is 10.4 Å².